The van der Waals surface area contributed by atoms with Crippen LogP contribution in [0, 0.1) is 6.92 Å². The van der Waals surface area contributed by atoms with Crippen LogP contribution in [0.1, 0.15) is 16.1 Å². The van der Waals surface area contributed by atoms with Crippen molar-refractivity contribution in [1.29, 1.82) is 0 Å². The molecule has 0 radical (unpaired) electrons. The number of carbonyl (C=O) groups is 1. The van der Waals surface area contributed by atoms with Crippen molar-refractivity contribution in [3.8, 4) is 11.5 Å². The van der Waals surface area contributed by atoms with E-state index < -0.39 is 0 Å². The Balaban J connectivity index is 1.39. The first-order chi connectivity index (χ1) is 17.1. The SMILES string of the molecule is Cc1cc(NC(=O)c2ccc3ccccc3c2)n(-c2ncnc3c2cnn3-c2ccc(Cl)cc2)n1. The average molecular weight is 480 g/mol. The summed E-state index contributed by atoms with van der Waals surface area (Å²) < 4.78 is 3.31. The number of rotatable bonds is 4. The topological polar surface area (TPSA) is 90.5 Å². The van der Waals surface area contributed by atoms with Gasteiger partial charge in [-0.1, -0.05) is 41.9 Å². The summed E-state index contributed by atoms with van der Waals surface area (Å²) in [4.78, 5) is 22.0. The van der Waals surface area contributed by atoms with Crippen molar-refractivity contribution in [3.05, 3.63) is 102 Å². The number of benzene rings is 3. The molecule has 3 heterocycles. The van der Waals surface area contributed by atoms with Crippen molar-refractivity contribution in [3.63, 3.8) is 0 Å². The number of amides is 1. The maximum absolute atomic E-state index is 13.1. The fourth-order valence-corrected chi connectivity index (χ4v) is 4.17. The molecule has 6 rings (SSSR count). The van der Waals surface area contributed by atoms with Gasteiger partial charge < -0.3 is 5.32 Å². The van der Waals surface area contributed by atoms with E-state index >= 15 is 0 Å². The molecule has 0 unspecified atom stereocenters. The van der Waals surface area contributed by atoms with Gasteiger partial charge in [-0.3, -0.25) is 4.79 Å². The third-order valence-corrected chi connectivity index (χ3v) is 5.95. The lowest BCUT2D eigenvalue weighted by atomic mass is 10.1. The number of aromatic nitrogens is 6. The normalized spacial score (nSPS) is 11.3. The third-order valence-electron chi connectivity index (χ3n) is 5.70. The van der Waals surface area contributed by atoms with Gasteiger partial charge in [0.2, 0.25) is 0 Å². The van der Waals surface area contributed by atoms with Gasteiger partial charge in [0, 0.05) is 16.7 Å². The number of nitrogens with zero attached hydrogens (tertiary/aromatic N) is 6. The lowest BCUT2D eigenvalue weighted by Gasteiger charge is -2.10. The Morgan fingerprint density at radius 2 is 1.71 bits per heavy atom. The number of anilines is 1. The number of hydrogen-bond acceptors (Lipinski definition) is 5. The largest absolute Gasteiger partial charge is 0.306 e. The summed E-state index contributed by atoms with van der Waals surface area (Å²) in [5.74, 6) is 0.774. The lowest BCUT2D eigenvalue weighted by Crippen LogP contribution is -2.15. The zero-order valence-corrected chi connectivity index (χ0v) is 19.3. The van der Waals surface area contributed by atoms with E-state index in [0.29, 0.717) is 33.3 Å². The van der Waals surface area contributed by atoms with Gasteiger partial charge in [0.25, 0.3) is 5.91 Å². The highest BCUT2D eigenvalue weighted by atomic mass is 35.5. The van der Waals surface area contributed by atoms with Crippen molar-refractivity contribution < 1.29 is 4.79 Å². The molecule has 3 aromatic heterocycles. The molecule has 0 aliphatic heterocycles. The van der Waals surface area contributed by atoms with Gasteiger partial charge >= 0.3 is 0 Å². The van der Waals surface area contributed by atoms with E-state index in [1.165, 1.54) is 6.33 Å². The van der Waals surface area contributed by atoms with Crippen molar-refractivity contribution >= 4 is 45.1 Å². The first-order valence-corrected chi connectivity index (χ1v) is 11.3. The highest BCUT2D eigenvalue weighted by Gasteiger charge is 2.18. The molecule has 0 saturated carbocycles. The van der Waals surface area contributed by atoms with Crippen LogP contribution in [0.2, 0.25) is 5.02 Å². The first-order valence-electron chi connectivity index (χ1n) is 10.9. The van der Waals surface area contributed by atoms with Crippen LogP contribution < -0.4 is 5.32 Å². The van der Waals surface area contributed by atoms with Gasteiger partial charge in [-0.2, -0.15) is 14.9 Å². The number of aryl methyl sites for hydroxylation is 1. The van der Waals surface area contributed by atoms with Crippen LogP contribution in [0.5, 0.6) is 0 Å². The quantitative estimate of drug-likeness (QED) is 0.367. The fraction of sp³-hybridized carbons (Fsp3) is 0.0385. The summed E-state index contributed by atoms with van der Waals surface area (Å²) in [5, 5.41) is 15.5. The molecule has 0 atom stereocenters. The molecule has 0 saturated heterocycles. The zero-order valence-electron chi connectivity index (χ0n) is 18.6. The smallest absolute Gasteiger partial charge is 0.256 e. The zero-order chi connectivity index (χ0) is 23.9. The molecule has 6 aromatic rings. The van der Waals surface area contributed by atoms with Gasteiger partial charge in [-0.25, -0.2) is 14.6 Å². The van der Waals surface area contributed by atoms with Gasteiger partial charge in [-0.05, 0) is 54.1 Å². The predicted octanol–water partition coefficient (Wildman–Crippen LogP) is 5.37. The van der Waals surface area contributed by atoms with E-state index in [4.69, 9.17) is 11.6 Å². The van der Waals surface area contributed by atoms with Crippen LogP contribution >= 0.6 is 11.6 Å². The van der Waals surface area contributed by atoms with Crippen LogP contribution in [0.25, 0.3) is 33.3 Å². The second-order valence-corrected chi connectivity index (χ2v) is 8.50. The third kappa shape index (κ3) is 3.79. The fourth-order valence-electron chi connectivity index (χ4n) is 4.04. The number of carbonyl (C=O) groups excluding carboxylic acids is 1. The average Bonchev–Trinajstić information content (AvgIpc) is 3.47. The van der Waals surface area contributed by atoms with E-state index in [1.54, 1.807) is 33.8 Å². The summed E-state index contributed by atoms with van der Waals surface area (Å²) in [5.41, 5.74) is 2.71. The van der Waals surface area contributed by atoms with E-state index in [0.717, 1.165) is 22.2 Å². The molecule has 1 amide bonds. The molecule has 170 valence electrons. The molecule has 3 aromatic carbocycles. The summed E-state index contributed by atoms with van der Waals surface area (Å²) in [7, 11) is 0. The standard InChI is InChI=1S/C26H18ClN7O/c1-16-12-23(31-26(35)19-7-6-17-4-2-3-5-18(17)13-19)34(32-16)25-22-14-30-33(24(22)28-15-29-25)21-10-8-20(27)9-11-21/h2-15H,1H3,(H,31,35). The van der Waals surface area contributed by atoms with Crippen LogP contribution in [0.15, 0.2) is 85.3 Å². The van der Waals surface area contributed by atoms with E-state index in [2.05, 4.69) is 25.5 Å². The van der Waals surface area contributed by atoms with E-state index in [9.17, 15) is 4.79 Å². The van der Waals surface area contributed by atoms with Crippen molar-refractivity contribution in [2.45, 2.75) is 6.92 Å². The summed E-state index contributed by atoms with van der Waals surface area (Å²) in [6, 6.07) is 22.7. The molecular weight excluding hydrogens is 462 g/mol. The monoisotopic (exact) mass is 479 g/mol. The van der Waals surface area contributed by atoms with Gasteiger partial charge in [0.1, 0.15) is 12.1 Å². The minimum Gasteiger partial charge on any atom is -0.306 e. The summed E-state index contributed by atoms with van der Waals surface area (Å²) >= 11 is 6.03. The number of nitrogens with one attached hydrogen (secondary N) is 1. The predicted molar refractivity (Wildman–Crippen MR) is 135 cm³/mol. The second kappa shape index (κ2) is 8.34. The number of halogens is 1. The second-order valence-electron chi connectivity index (χ2n) is 8.07. The molecular formula is C26H18ClN7O. The Labute approximate surface area is 204 Å². The maximum atomic E-state index is 13.1. The molecule has 1 N–H and O–H groups in total. The Hall–Kier alpha value is -4.56. The van der Waals surface area contributed by atoms with E-state index in [-0.39, 0.29) is 5.91 Å². The van der Waals surface area contributed by atoms with Crippen LogP contribution in [0.3, 0.4) is 0 Å². The molecule has 35 heavy (non-hydrogen) atoms. The highest BCUT2D eigenvalue weighted by Crippen LogP contribution is 2.25. The van der Waals surface area contributed by atoms with Crippen molar-refractivity contribution in [2.24, 2.45) is 0 Å². The first kappa shape index (κ1) is 21.0. The Morgan fingerprint density at radius 3 is 2.54 bits per heavy atom. The Morgan fingerprint density at radius 1 is 0.914 bits per heavy atom. The molecule has 8 nitrogen and oxygen atoms in total. The van der Waals surface area contributed by atoms with Crippen LogP contribution in [-0.4, -0.2) is 35.4 Å². The number of fused-ring (bicyclic) bond motifs is 2. The molecule has 0 fully saturated rings. The van der Waals surface area contributed by atoms with Gasteiger partial charge in [-0.15, -0.1) is 0 Å². The molecule has 0 aliphatic carbocycles. The van der Waals surface area contributed by atoms with Crippen LogP contribution in [0.4, 0.5) is 5.82 Å². The summed E-state index contributed by atoms with van der Waals surface area (Å²) in [6.45, 7) is 1.86. The Bertz CT molecular complexity index is 1720. The Kier molecular flexibility index (Phi) is 5.00. The van der Waals surface area contributed by atoms with Crippen LogP contribution in [-0.2, 0) is 0 Å². The minimum atomic E-state index is -0.237. The van der Waals surface area contributed by atoms with E-state index in [1.807, 2.05) is 61.5 Å². The molecule has 0 spiro atoms. The highest BCUT2D eigenvalue weighted by molar-refractivity contribution is 6.30. The minimum absolute atomic E-state index is 0.237. The van der Waals surface area contributed by atoms with Crippen molar-refractivity contribution in [1.82, 2.24) is 29.5 Å². The number of hydrogen-bond donors (Lipinski definition) is 1. The van der Waals surface area contributed by atoms with Gasteiger partial charge in [0.05, 0.1) is 23.0 Å². The molecule has 9 heteroatoms. The molecule has 0 bridgehead atoms. The molecule has 0 aliphatic rings. The van der Waals surface area contributed by atoms with Gasteiger partial charge in [0.15, 0.2) is 11.5 Å². The summed E-state index contributed by atoms with van der Waals surface area (Å²) in [6.07, 6.45) is 3.14. The van der Waals surface area contributed by atoms with Crippen molar-refractivity contribution in [2.75, 3.05) is 5.32 Å². The maximum Gasteiger partial charge on any atom is 0.256 e. The lowest BCUT2D eigenvalue weighted by molar-refractivity contribution is 0.102.